The highest BCUT2D eigenvalue weighted by atomic mass is 31.2. The molecule has 2 aliphatic carbocycles. The standard InChI is InChI=1S/C21H41O4P/c1-16(2)8-6-9-17(3)18-10-11-19-20(4,12-7-13-21(18,19)5)14-15-25-26(22,23)24/h16-19H,6-15H2,1-5H3,(H2,22,23,24)/t17-,18-,19?,20+,21-/m1/s1. The molecule has 4 nitrogen and oxygen atoms in total. The number of fused-ring (bicyclic) bond motifs is 1. The van der Waals surface area contributed by atoms with E-state index in [1.807, 2.05) is 0 Å². The van der Waals surface area contributed by atoms with E-state index < -0.39 is 7.82 Å². The van der Waals surface area contributed by atoms with Gasteiger partial charge in [-0.3, -0.25) is 4.52 Å². The SMILES string of the molecule is CC(C)CCC[C@@H](C)[C@H]1CCC2[C@](C)(CCOP(=O)(O)O)CCC[C@@]21C. The molecule has 2 fully saturated rings. The van der Waals surface area contributed by atoms with Crippen molar-refractivity contribution in [1.29, 1.82) is 0 Å². The normalized spacial score (nSPS) is 36.3. The molecule has 0 bridgehead atoms. The van der Waals surface area contributed by atoms with Gasteiger partial charge in [0, 0.05) is 0 Å². The predicted molar refractivity (Wildman–Crippen MR) is 107 cm³/mol. The molecule has 1 unspecified atom stereocenters. The number of hydrogen-bond donors (Lipinski definition) is 2. The fourth-order valence-electron chi connectivity index (χ4n) is 6.50. The van der Waals surface area contributed by atoms with Gasteiger partial charge in [-0.05, 0) is 66.6 Å². The Morgan fingerprint density at radius 2 is 1.81 bits per heavy atom. The molecule has 2 saturated carbocycles. The Balaban J connectivity index is 2.01. The van der Waals surface area contributed by atoms with Gasteiger partial charge in [-0.15, -0.1) is 0 Å². The summed E-state index contributed by atoms with van der Waals surface area (Å²) >= 11 is 0. The van der Waals surface area contributed by atoms with Gasteiger partial charge in [0.25, 0.3) is 0 Å². The predicted octanol–water partition coefficient (Wildman–Crippen LogP) is 6.17. The van der Waals surface area contributed by atoms with Gasteiger partial charge in [-0.1, -0.05) is 60.3 Å². The van der Waals surface area contributed by atoms with Crippen LogP contribution in [0.4, 0.5) is 0 Å². The second-order valence-electron chi connectivity index (χ2n) is 10.1. The summed E-state index contributed by atoms with van der Waals surface area (Å²) in [5, 5.41) is 0. The molecule has 5 heteroatoms. The van der Waals surface area contributed by atoms with Crippen LogP contribution in [-0.2, 0) is 9.09 Å². The lowest BCUT2D eigenvalue weighted by atomic mass is 9.53. The zero-order chi connectivity index (χ0) is 19.6. The quantitative estimate of drug-likeness (QED) is 0.463. The molecule has 2 N–H and O–H groups in total. The van der Waals surface area contributed by atoms with E-state index in [1.54, 1.807) is 0 Å². The van der Waals surface area contributed by atoms with Crippen LogP contribution in [-0.4, -0.2) is 16.4 Å². The Hall–Kier alpha value is 0.110. The molecule has 2 aliphatic rings. The molecule has 5 atom stereocenters. The summed E-state index contributed by atoms with van der Waals surface area (Å²) in [7, 11) is -4.36. The van der Waals surface area contributed by atoms with E-state index in [0.717, 1.165) is 30.6 Å². The third-order valence-corrected chi connectivity index (χ3v) is 8.29. The Kier molecular flexibility index (Phi) is 7.44. The molecular formula is C21H41O4P. The lowest BCUT2D eigenvalue weighted by molar-refractivity contribution is -0.0348. The van der Waals surface area contributed by atoms with Crippen LogP contribution in [0.5, 0.6) is 0 Å². The molecule has 0 aromatic carbocycles. The van der Waals surface area contributed by atoms with Gasteiger partial charge in [0.1, 0.15) is 0 Å². The van der Waals surface area contributed by atoms with Gasteiger partial charge in [0.15, 0.2) is 0 Å². The maximum atomic E-state index is 11.0. The minimum absolute atomic E-state index is 0.147. The second-order valence-corrected chi connectivity index (χ2v) is 11.4. The van der Waals surface area contributed by atoms with Crippen LogP contribution < -0.4 is 0 Å². The summed E-state index contributed by atoms with van der Waals surface area (Å²) in [4.78, 5) is 18.0. The van der Waals surface area contributed by atoms with Gasteiger partial charge in [0.05, 0.1) is 6.61 Å². The van der Waals surface area contributed by atoms with E-state index in [2.05, 4.69) is 34.6 Å². The van der Waals surface area contributed by atoms with Crippen LogP contribution >= 0.6 is 7.82 Å². The second kappa shape index (κ2) is 8.64. The average Bonchev–Trinajstić information content (AvgIpc) is 2.84. The maximum Gasteiger partial charge on any atom is 0.469 e. The van der Waals surface area contributed by atoms with Crippen molar-refractivity contribution in [2.24, 2.45) is 34.5 Å². The largest absolute Gasteiger partial charge is 0.469 e. The van der Waals surface area contributed by atoms with Crippen LogP contribution in [0.2, 0.25) is 0 Å². The molecule has 0 aliphatic heterocycles. The number of hydrogen-bond acceptors (Lipinski definition) is 2. The van der Waals surface area contributed by atoms with Gasteiger partial charge < -0.3 is 9.79 Å². The Morgan fingerprint density at radius 1 is 1.12 bits per heavy atom. The molecule has 26 heavy (non-hydrogen) atoms. The molecule has 0 saturated heterocycles. The van der Waals surface area contributed by atoms with Crippen LogP contribution in [0.1, 0.15) is 92.4 Å². The lowest BCUT2D eigenvalue weighted by Gasteiger charge is -2.52. The van der Waals surface area contributed by atoms with Crippen LogP contribution in [0.15, 0.2) is 0 Å². The summed E-state index contributed by atoms with van der Waals surface area (Å²) in [6, 6.07) is 0. The van der Waals surface area contributed by atoms with E-state index >= 15 is 0 Å². The van der Waals surface area contributed by atoms with Crippen molar-refractivity contribution in [3.05, 3.63) is 0 Å². The van der Waals surface area contributed by atoms with Crippen molar-refractivity contribution in [3.8, 4) is 0 Å². The van der Waals surface area contributed by atoms with Gasteiger partial charge in [-0.25, -0.2) is 4.57 Å². The minimum Gasteiger partial charge on any atom is -0.303 e. The molecule has 2 rings (SSSR count). The summed E-state index contributed by atoms with van der Waals surface area (Å²) in [5.41, 5.74) is 0.529. The molecule has 0 spiro atoms. The Labute approximate surface area is 160 Å². The maximum absolute atomic E-state index is 11.0. The number of rotatable bonds is 9. The topological polar surface area (TPSA) is 66.8 Å². The molecule has 0 amide bonds. The summed E-state index contributed by atoms with van der Waals surface area (Å²) in [6.45, 7) is 12.1. The Bertz CT molecular complexity index is 502. The van der Waals surface area contributed by atoms with Crippen molar-refractivity contribution < 1.29 is 18.9 Å². The van der Waals surface area contributed by atoms with Crippen molar-refractivity contribution in [2.75, 3.05) is 6.61 Å². The fraction of sp³-hybridized carbons (Fsp3) is 1.00. The molecule has 0 radical (unpaired) electrons. The summed E-state index contributed by atoms with van der Waals surface area (Å²) in [6.07, 6.45) is 11.0. The Morgan fingerprint density at radius 3 is 2.42 bits per heavy atom. The lowest BCUT2D eigenvalue weighted by Crippen LogP contribution is -2.44. The van der Waals surface area contributed by atoms with Crippen LogP contribution in [0.25, 0.3) is 0 Å². The first-order valence-electron chi connectivity index (χ1n) is 10.7. The third kappa shape index (κ3) is 5.34. The zero-order valence-electron chi connectivity index (χ0n) is 17.5. The van der Waals surface area contributed by atoms with Crippen molar-refractivity contribution >= 4 is 7.82 Å². The monoisotopic (exact) mass is 388 g/mol. The molecule has 0 heterocycles. The van der Waals surface area contributed by atoms with E-state index in [1.165, 1.54) is 44.9 Å². The number of phosphoric acid groups is 1. The van der Waals surface area contributed by atoms with Crippen LogP contribution in [0, 0.1) is 34.5 Å². The highest BCUT2D eigenvalue weighted by molar-refractivity contribution is 7.46. The first-order valence-corrected chi connectivity index (χ1v) is 12.2. The van der Waals surface area contributed by atoms with Crippen molar-refractivity contribution in [1.82, 2.24) is 0 Å². The fourth-order valence-corrected chi connectivity index (χ4v) is 6.83. The molecule has 154 valence electrons. The highest BCUT2D eigenvalue weighted by Gasteiger charge is 2.56. The van der Waals surface area contributed by atoms with E-state index in [0.29, 0.717) is 11.3 Å². The first-order chi connectivity index (χ1) is 12.0. The molecular weight excluding hydrogens is 347 g/mol. The van der Waals surface area contributed by atoms with Gasteiger partial charge in [0.2, 0.25) is 0 Å². The molecule has 0 aromatic heterocycles. The van der Waals surface area contributed by atoms with E-state index in [9.17, 15) is 4.57 Å². The third-order valence-electron chi connectivity index (χ3n) is 7.77. The van der Waals surface area contributed by atoms with E-state index in [-0.39, 0.29) is 12.0 Å². The summed E-state index contributed by atoms with van der Waals surface area (Å²) < 4.78 is 15.8. The molecule has 0 aromatic rings. The van der Waals surface area contributed by atoms with Gasteiger partial charge in [-0.2, -0.15) is 0 Å². The summed E-state index contributed by atoms with van der Waals surface area (Å²) in [5.74, 6) is 3.02. The minimum atomic E-state index is -4.36. The van der Waals surface area contributed by atoms with Crippen LogP contribution in [0.3, 0.4) is 0 Å². The highest BCUT2D eigenvalue weighted by Crippen LogP contribution is 2.64. The average molecular weight is 389 g/mol. The smallest absolute Gasteiger partial charge is 0.303 e. The van der Waals surface area contributed by atoms with E-state index in [4.69, 9.17) is 14.3 Å². The first kappa shape index (κ1) is 22.4. The van der Waals surface area contributed by atoms with Gasteiger partial charge >= 0.3 is 7.82 Å². The zero-order valence-corrected chi connectivity index (χ0v) is 18.4. The van der Waals surface area contributed by atoms with Crippen molar-refractivity contribution in [3.63, 3.8) is 0 Å². The number of phosphoric ester groups is 1. The van der Waals surface area contributed by atoms with Crippen molar-refractivity contribution in [2.45, 2.75) is 92.4 Å².